The molecule has 2 N–H and O–H groups in total. The van der Waals surface area contributed by atoms with E-state index in [2.05, 4.69) is 27.7 Å². The summed E-state index contributed by atoms with van der Waals surface area (Å²) in [5.74, 6) is 0.803. The molecule has 3 nitrogen and oxygen atoms in total. The van der Waals surface area contributed by atoms with Crippen molar-refractivity contribution in [2.45, 2.75) is 26.3 Å². The zero-order valence-corrected chi connectivity index (χ0v) is 10.3. The summed E-state index contributed by atoms with van der Waals surface area (Å²) in [5, 5.41) is 4.19. The lowest BCUT2D eigenvalue weighted by Gasteiger charge is -2.05. The van der Waals surface area contributed by atoms with Crippen LogP contribution in [0, 0.1) is 6.92 Å². The van der Waals surface area contributed by atoms with Crippen LogP contribution in [-0.4, -0.2) is 16.0 Å². The van der Waals surface area contributed by atoms with Crippen molar-refractivity contribution >= 4 is 11.3 Å². The van der Waals surface area contributed by atoms with Crippen LogP contribution in [0.2, 0.25) is 0 Å². The molecular formula is C12H15N3S. The standard InChI is InChI=1S/C12H15N3S/c1-8-6-16-7-11(8)12-14-4-3-10(15-12)5-9(2)13/h3-4,6-7,9H,5,13H2,1-2H3. The van der Waals surface area contributed by atoms with Crippen molar-refractivity contribution in [2.75, 3.05) is 0 Å². The van der Waals surface area contributed by atoms with Gasteiger partial charge in [0.15, 0.2) is 5.82 Å². The molecule has 1 unspecified atom stereocenters. The lowest BCUT2D eigenvalue weighted by atomic mass is 10.1. The summed E-state index contributed by atoms with van der Waals surface area (Å²) in [7, 11) is 0. The van der Waals surface area contributed by atoms with Crippen molar-refractivity contribution in [1.29, 1.82) is 0 Å². The number of hydrogen-bond acceptors (Lipinski definition) is 4. The van der Waals surface area contributed by atoms with Crippen LogP contribution in [0.25, 0.3) is 11.4 Å². The fraction of sp³-hybridized carbons (Fsp3) is 0.333. The van der Waals surface area contributed by atoms with Gasteiger partial charge in [0.2, 0.25) is 0 Å². The second kappa shape index (κ2) is 4.72. The highest BCUT2D eigenvalue weighted by Crippen LogP contribution is 2.23. The minimum absolute atomic E-state index is 0.131. The summed E-state index contributed by atoms with van der Waals surface area (Å²) in [6, 6.07) is 2.06. The quantitative estimate of drug-likeness (QED) is 0.885. The average Bonchev–Trinajstić information content (AvgIpc) is 2.64. The Morgan fingerprint density at radius 1 is 1.44 bits per heavy atom. The van der Waals surface area contributed by atoms with E-state index in [0.717, 1.165) is 23.5 Å². The summed E-state index contributed by atoms with van der Waals surface area (Å²) in [4.78, 5) is 8.84. The maximum Gasteiger partial charge on any atom is 0.160 e. The van der Waals surface area contributed by atoms with Gasteiger partial charge < -0.3 is 5.73 Å². The van der Waals surface area contributed by atoms with Crippen LogP contribution in [-0.2, 0) is 6.42 Å². The van der Waals surface area contributed by atoms with Crippen molar-refractivity contribution in [3.05, 3.63) is 34.3 Å². The summed E-state index contributed by atoms with van der Waals surface area (Å²) >= 11 is 1.68. The molecule has 0 aliphatic carbocycles. The molecule has 0 fully saturated rings. The van der Waals surface area contributed by atoms with Gasteiger partial charge in [-0.25, -0.2) is 9.97 Å². The molecule has 0 spiro atoms. The van der Waals surface area contributed by atoms with Crippen LogP contribution < -0.4 is 5.73 Å². The van der Waals surface area contributed by atoms with E-state index in [4.69, 9.17) is 5.73 Å². The van der Waals surface area contributed by atoms with Crippen molar-refractivity contribution < 1.29 is 0 Å². The Hall–Kier alpha value is -1.26. The van der Waals surface area contributed by atoms with E-state index >= 15 is 0 Å². The summed E-state index contributed by atoms with van der Waals surface area (Å²) in [6.07, 6.45) is 2.59. The molecule has 4 heteroatoms. The van der Waals surface area contributed by atoms with Gasteiger partial charge in [-0.05, 0) is 30.9 Å². The average molecular weight is 233 g/mol. The third-order valence-corrected chi connectivity index (χ3v) is 3.20. The molecule has 1 atom stereocenters. The minimum Gasteiger partial charge on any atom is -0.328 e. The Kier molecular flexibility index (Phi) is 3.31. The molecule has 2 rings (SSSR count). The monoisotopic (exact) mass is 233 g/mol. The van der Waals surface area contributed by atoms with E-state index < -0.39 is 0 Å². The molecule has 0 radical (unpaired) electrons. The molecule has 0 bridgehead atoms. The van der Waals surface area contributed by atoms with Gasteiger partial charge in [0, 0.05) is 35.3 Å². The van der Waals surface area contributed by atoms with Gasteiger partial charge in [-0.2, -0.15) is 11.3 Å². The normalized spacial score (nSPS) is 12.7. The van der Waals surface area contributed by atoms with Gasteiger partial charge in [-0.3, -0.25) is 0 Å². The Morgan fingerprint density at radius 2 is 2.25 bits per heavy atom. The van der Waals surface area contributed by atoms with Crippen LogP contribution in [0.1, 0.15) is 18.2 Å². The van der Waals surface area contributed by atoms with Crippen LogP contribution >= 0.6 is 11.3 Å². The second-order valence-electron chi connectivity index (χ2n) is 4.02. The van der Waals surface area contributed by atoms with Gasteiger partial charge in [0.1, 0.15) is 0 Å². The Bertz CT molecular complexity index is 477. The maximum atomic E-state index is 5.76. The molecule has 84 valence electrons. The first kappa shape index (κ1) is 11.2. The van der Waals surface area contributed by atoms with E-state index in [1.807, 2.05) is 13.0 Å². The number of aromatic nitrogens is 2. The van der Waals surface area contributed by atoms with Crippen LogP contribution in [0.3, 0.4) is 0 Å². The topological polar surface area (TPSA) is 51.8 Å². The zero-order chi connectivity index (χ0) is 11.5. The summed E-state index contributed by atoms with van der Waals surface area (Å²) in [5.41, 5.74) is 9.12. The molecule has 16 heavy (non-hydrogen) atoms. The highest BCUT2D eigenvalue weighted by Gasteiger charge is 2.07. The number of hydrogen-bond donors (Lipinski definition) is 1. The first-order valence-corrected chi connectivity index (χ1v) is 6.22. The highest BCUT2D eigenvalue weighted by molar-refractivity contribution is 7.08. The molecule has 0 saturated heterocycles. The Morgan fingerprint density at radius 3 is 2.88 bits per heavy atom. The van der Waals surface area contributed by atoms with Crippen molar-refractivity contribution in [3.8, 4) is 11.4 Å². The van der Waals surface area contributed by atoms with Crippen LogP contribution in [0.15, 0.2) is 23.0 Å². The van der Waals surface area contributed by atoms with Crippen LogP contribution in [0.4, 0.5) is 0 Å². The third kappa shape index (κ3) is 2.46. The molecule has 2 heterocycles. The van der Waals surface area contributed by atoms with Crippen LogP contribution in [0.5, 0.6) is 0 Å². The Labute approximate surface area is 99.4 Å². The van der Waals surface area contributed by atoms with Gasteiger partial charge in [-0.1, -0.05) is 0 Å². The summed E-state index contributed by atoms with van der Waals surface area (Å²) < 4.78 is 0. The number of rotatable bonds is 3. The number of thiophene rings is 1. The lowest BCUT2D eigenvalue weighted by Crippen LogP contribution is -2.18. The lowest BCUT2D eigenvalue weighted by molar-refractivity contribution is 0.720. The van der Waals surface area contributed by atoms with Gasteiger partial charge >= 0.3 is 0 Å². The predicted octanol–water partition coefficient (Wildman–Crippen LogP) is 2.40. The zero-order valence-electron chi connectivity index (χ0n) is 9.47. The highest BCUT2D eigenvalue weighted by atomic mass is 32.1. The van der Waals surface area contributed by atoms with Crippen molar-refractivity contribution in [3.63, 3.8) is 0 Å². The van der Waals surface area contributed by atoms with Crippen molar-refractivity contribution in [2.24, 2.45) is 5.73 Å². The van der Waals surface area contributed by atoms with E-state index in [1.54, 1.807) is 17.5 Å². The van der Waals surface area contributed by atoms with Gasteiger partial charge in [-0.15, -0.1) is 0 Å². The van der Waals surface area contributed by atoms with E-state index in [-0.39, 0.29) is 6.04 Å². The minimum atomic E-state index is 0.131. The molecule has 0 amide bonds. The molecular weight excluding hydrogens is 218 g/mol. The third-order valence-electron chi connectivity index (χ3n) is 2.34. The summed E-state index contributed by atoms with van der Waals surface area (Å²) in [6.45, 7) is 4.06. The van der Waals surface area contributed by atoms with E-state index in [9.17, 15) is 0 Å². The molecule has 0 aromatic carbocycles. The van der Waals surface area contributed by atoms with Gasteiger partial charge in [0.05, 0.1) is 0 Å². The Balaban J connectivity index is 2.33. The fourth-order valence-corrected chi connectivity index (χ4v) is 2.39. The number of nitrogens with zero attached hydrogens (tertiary/aromatic N) is 2. The van der Waals surface area contributed by atoms with Crippen molar-refractivity contribution in [1.82, 2.24) is 9.97 Å². The van der Waals surface area contributed by atoms with E-state index in [1.165, 1.54) is 5.56 Å². The molecule has 2 aromatic rings. The molecule has 0 aliphatic rings. The van der Waals surface area contributed by atoms with E-state index in [0.29, 0.717) is 0 Å². The maximum absolute atomic E-state index is 5.76. The largest absolute Gasteiger partial charge is 0.328 e. The predicted molar refractivity (Wildman–Crippen MR) is 67.4 cm³/mol. The first-order chi connectivity index (χ1) is 7.66. The SMILES string of the molecule is Cc1cscc1-c1nccc(CC(C)N)n1. The molecule has 0 aliphatic heterocycles. The fourth-order valence-electron chi connectivity index (χ4n) is 1.56. The number of nitrogens with two attached hydrogens (primary N) is 1. The second-order valence-corrected chi connectivity index (χ2v) is 4.77. The molecule has 0 saturated carbocycles. The first-order valence-electron chi connectivity index (χ1n) is 5.27. The molecule has 2 aromatic heterocycles. The smallest absolute Gasteiger partial charge is 0.160 e. The van der Waals surface area contributed by atoms with Gasteiger partial charge in [0.25, 0.3) is 0 Å². The number of aryl methyl sites for hydroxylation is 1.